The van der Waals surface area contributed by atoms with Crippen molar-refractivity contribution in [2.45, 2.75) is 50.8 Å². The average Bonchev–Trinajstić information content (AvgIpc) is 3.40. The van der Waals surface area contributed by atoms with Crippen molar-refractivity contribution in [3.8, 4) is 5.75 Å². The first-order valence-electron chi connectivity index (χ1n) is 8.59. The van der Waals surface area contributed by atoms with E-state index in [-0.39, 0.29) is 23.9 Å². The number of ether oxygens (including phenoxy) is 2. The van der Waals surface area contributed by atoms with Gasteiger partial charge in [-0.25, -0.2) is 9.18 Å². The van der Waals surface area contributed by atoms with Crippen LogP contribution in [0.5, 0.6) is 5.75 Å². The highest BCUT2D eigenvalue weighted by molar-refractivity contribution is 5.74. The summed E-state index contributed by atoms with van der Waals surface area (Å²) in [7, 11) is 1.43. The maximum atomic E-state index is 13.5. The molecule has 1 aromatic carbocycles. The summed E-state index contributed by atoms with van der Waals surface area (Å²) in [5.74, 6) is 0.452. The van der Waals surface area contributed by atoms with Gasteiger partial charge in [-0.1, -0.05) is 6.07 Å². The highest BCUT2D eigenvalue weighted by Gasteiger charge is 2.36. The van der Waals surface area contributed by atoms with Gasteiger partial charge in [-0.05, 0) is 56.2 Å². The van der Waals surface area contributed by atoms with Gasteiger partial charge < -0.3 is 20.1 Å². The molecule has 0 aromatic heterocycles. The minimum absolute atomic E-state index is 0.152. The van der Waals surface area contributed by atoms with E-state index in [1.165, 1.54) is 26.0 Å². The topological polar surface area (TPSA) is 59.6 Å². The predicted molar refractivity (Wildman–Crippen MR) is 88.5 cm³/mol. The molecular formula is C18H25FN2O3. The second kappa shape index (κ2) is 7.38. The van der Waals surface area contributed by atoms with Gasteiger partial charge in [0.1, 0.15) is 0 Å². The summed E-state index contributed by atoms with van der Waals surface area (Å²) in [6.07, 6.45) is 4.51. The molecule has 1 aromatic rings. The molecule has 2 aliphatic rings. The quantitative estimate of drug-likeness (QED) is 0.868. The van der Waals surface area contributed by atoms with Crippen LogP contribution >= 0.6 is 0 Å². The van der Waals surface area contributed by atoms with Crippen LogP contribution in [-0.2, 0) is 4.74 Å². The molecule has 3 rings (SSSR count). The van der Waals surface area contributed by atoms with Crippen LogP contribution in [-0.4, -0.2) is 31.9 Å². The first-order chi connectivity index (χ1) is 11.6. The lowest BCUT2D eigenvalue weighted by atomic mass is 10.0. The fraction of sp³-hybridized carbons (Fsp3) is 0.611. The monoisotopic (exact) mass is 336 g/mol. The molecule has 0 bridgehead atoms. The molecule has 24 heavy (non-hydrogen) atoms. The van der Waals surface area contributed by atoms with Crippen LogP contribution in [0.2, 0.25) is 0 Å². The highest BCUT2D eigenvalue weighted by atomic mass is 19.1. The SMILES string of the molecule is COc1cc([C@H](C)NC(=O)N[C@@H]2CCO[C@@H](C3CC3)C2)ccc1F. The Balaban J connectivity index is 1.52. The number of rotatable bonds is 5. The lowest BCUT2D eigenvalue weighted by Gasteiger charge is -2.30. The molecule has 2 amide bonds. The van der Waals surface area contributed by atoms with Crippen LogP contribution in [0.25, 0.3) is 0 Å². The van der Waals surface area contributed by atoms with E-state index in [4.69, 9.17) is 9.47 Å². The van der Waals surface area contributed by atoms with Gasteiger partial charge in [-0.3, -0.25) is 0 Å². The molecule has 2 N–H and O–H groups in total. The van der Waals surface area contributed by atoms with Gasteiger partial charge in [0.15, 0.2) is 11.6 Å². The van der Waals surface area contributed by atoms with E-state index in [0.717, 1.165) is 18.4 Å². The number of halogens is 1. The van der Waals surface area contributed by atoms with E-state index in [9.17, 15) is 9.18 Å². The van der Waals surface area contributed by atoms with Crippen LogP contribution in [0.15, 0.2) is 18.2 Å². The Hall–Kier alpha value is -1.82. The fourth-order valence-corrected chi connectivity index (χ4v) is 3.21. The summed E-state index contributed by atoms with van der Waals surface area (Å²) in [5.41, 5.74) is 0.797. The van der Waals surface area contributed by atoms with Gasteiger partial charge in [0.25, 0.3) is 0 Å². The zero-order chi connectivity index (χ0) is 17.1. The first kappa shape index (κ1) is 17.0. The number of benzene rings is 1. The van der Waals surface area contributed by atoms with Gasteiger partial charge in [-0.2, -0.15) is 0 Å². The Kier molecular flexibility index (Phi) is 5.23. The second-order valence-electron chi connectivity index (χ2n) is 6.70. The molecule has 0 radical (unpaired) electrons. The molecule has 3 atom stereocenters. The number of amides is 2. The van der Waals surface area contributed by atoms with Gasteiger partial charge in [-0.15, -0.1) is 0 Å². The van der Waals surface area contributed by atoms with Crippen molar-refractivity contribution < 1.29 is 18.7 Å². The Labute approximate surface area is 141 Å². The summed E-state index contributed by atoms with van der Waals surface area (Å²) in [6.45, 7) is 2.57. The van der Waals surface area contributed by atoms with Crippen molar-refractivity contribution in [1.29, 1.82) is 0 Å². The molecule has 1 aliphatic carbocycles. The molecule has 1 aliphatic heterocycles. The highest BCUT2D eigenvalue weighted by Crippen LogP contribution is 2.38. The third kappa shape index (κ3) is 4.17. The number of methoxy groups -OCH3 is 1. The van der Waals surface area contributed by atoms with E-state index < -0.39 is 5.82 Å². The van der Waals surface area contributed by atoms with Crippen molar-refractivity contribution in [2.24, 2.45) is 5.92 Å². The maximum absolute atomic E-state index is 13.5. The van der Waals surface area contributed by atoms with Crippen molar-refractivity contribution in [2.75, 3.05) is 13.7 Å². The minimum Gasteiger partial charge on any atom is -0.494 e. The van der Waals surface area contributed by atoms with Crippen LogP contribution in [0.1, 0.15) is 44.2 Å². The molecule has 0 spiro atoms. The van der Waals surface area contributed by atoms with E-state index in [1.807, 2.05) is 6.92 Å². The number of hydrogen-bond acceptors (Lipinski definition) is 3. The van der Waals surface area contributed by atoms with Crippen molar-refractivity contribution in [1.82, 2.24) is 10.6 Å². The van der Waals surface area contributed by atoms with Crippen molar-refractivity contribution >= 4 is 6.03 Å². The molecular weight excluding hydrogens is 311 g/mol. The van der Waals surface area contributed by atoms with Crippen molar-refractivity contribution in [3.05, 3.63) is 29.6 Å². The Bertz CT molecular complexity index is 592. The zero-order valence-corrected chi connectivity index (χ0v) is 14.2. The standard InChI is InChI=1S/C18H25FN2O3/c1-11(13-5-6-15(19)17(9-13)23-2)20-18(22)21-14-7-8-24-16(10-14)12-3-4-12/h5-6,9,11-12,14,16H,3-4,7-8,10H2,1-2H3,(H2,20,21,22)/t11-,14+,16+/m0/s1. The van der Waals surface area contributed by atoms with E-state index >= 15 is 0 Å². The molecule has 0 unspecified atom stereocenters. The largest absolute Gasteiger partial charge is 0.494 e. The summed E-state index contributed by atoms with van der Waals surface area (Å²) in [4.78, 5) is 12.2. The van der Waals surface area contributed by atoms with Crippen LogP contribution in [0, 0.1) is 11.7 Å². The van der Waals surface area contributed by atoms with Crippen LogP contribution in [0.3, 0.4) is 0 Å². The van der Waals surface area contributed by atoms with E-state index in [0.29, 0.717) is 18.6 Å². The van der Waals surface area contributed by atoms with Crippen molar-refractivity contribution in [3.63, 3.8) is 0 Å². The molecule has 1 saturated carbocycles. The number of hydrogen-bond donors (Lipinski definition) is 2. The number of nitrogens with one attached hydrogen (secondary N) is 2. The number of urea groups is 1. The molecule has 132 valence electrons. The third-order valence-corrected chi connectivity index (χ3v) is 4.82. The maximum Gasteiger partial charge on any atom is 0.315 e. The van der Waals surface area contributed by atoms with Gasteiger partial charge in [0, 0.05) is 12.6 Å². The summed E-state index contributed by atoms with van der Waals surface area (Å²) in [5, 5.41) is 5.94. The molecule has 1 saturated heterocycles. The summed E-state index contributed by atoms with van der Waals surface area (Å²) < 4.78 is 24.2. The lowest BCUT2D eigenvalue weighted by molar-refractivity contribution is -0.00917. The summed E-state index contributed by atoms with van der Waals surface area (Å²) >= 11 is 0. The molecule has 2 fully saturated rings. The van der Waals surface area contributed by atoms with E-state index in [1.54, 1.807) is 12.1 Å². The number of carbonyl (C=O) groups excluding carboxylic acids is 1. The van der Waals surface area contributed by atoms with E-state index in [2.05, 4.69) is 10.6 Å². The molecule has 1 heterocycles. The molecule has 5 nitrogen and oxygen atoms in total. The van der Waals surface area contributed by atoms with Gasteiger partial charge in [0.05, 0.1) is 19.3 Å². The Morgan fingerprint density at radius 3 is 2.88 bits per heavy atom. The molecule has 6 heteroatoms. The Morgan fingerprint density at radius 1 is 1.38 bits per heavy atom. The van der Waals surface area contributed by atoms with Gasteiger partial charge in [0.2, 0.25) is 0 Å². The summed E-state index contributed by atoms with van der Waals surface area (Å²) in [6, 6.07) is 4.33. The van der Waals surface area contributed by atoms with Gasteiger partial charge >= 0.3 is 6.03 Å². The van der Waals surface area contributed by atoms with Crippen LogP contribution < -0.4 is 15.4 Å². The normalized spacial score (nSPS) is 25.0. The smallest absolute Gasteiger partial charge is 0.315 e. The minimum atomic E-state index is -0.411. The lowest BCUT2D eigenvalue weighted by Crippen LogP contribution is -2.47. The van der Waals surface area contributed by atoms with Crippen LogP contribution in [0.4, 0.5) is 9.18 Å². The third-order valence-electron chi connectivity index (χ3n) is 4.82. The average molecular weight is 336 g/mol. The first-order valence-corrected chi connectivity index (χ1v) is 8.59. The second-order valence-corrected chi connectivity index (χ2v) is 6.70. The zero-order valence-electron chi connectivity index (χ0n) is 14.2. The number of carbonyl (C=O) groups is 1. The Morgan fingerprint density at radius 2 is 2.17 bits per heavy atom. The predicted octanol–water partition coefficient (Wildman–Crippen LogP) is 3.15. The fourth-order valence-electron chi connectivity index (χ4n) is 3.21.